The molecular weight excluding hydrogens is 1540 g/mol. The van der Waals surface area contributed by atoms with E-state index < -0.39 is 0 Å². The van der Waals surface area contributed by atoms with Crippen LogP contribution in [-0.2, 0) is 32.1 Å². The standard InChI is InChI=1S/C24H32N2O.C23H30N2O.C22H30N2O2.C21H28N2O.C16H25N3S/c1-4-26-13-7-12-23(26)17-25-24(27)22-11-6-10-21(16-22)20-9-5-8-19(15-20)14-18(2)3;1-18(2)15-19-7-5-8-20(16-19)21-9-6-10-22(17-21)23(26)24-11-14-25-12-3-4-13-25;1-16(2)14-18-9-7-11-20(21(18)26-5)17-8-6-10-19(15-17)22(25)23-12-13-24(3)4;1-16(2)13-17-7-5-8-18(14-17)19-9-6-10-20(15-19)21(24)22-11-12-23(3)4;1-13(2)11-14-5-4-6-15(12-14)18-7-9-19(10-8-18)16(20)17-3/h5-6,8-11,15-16,18,23H,4,7,12-14,17H2,1-3H3,(H,25,27);5-10,16-18H,3-4,11-15H2,1-2H3,(H,24,26);6-11,15-16H,12-14H2,1-5H3,(H,23,25);5-10,14-16H,11-13H2,1-4H3,(H,22,24);4-6,12-13H,7-11H2,1-3H3,(H,17,20)/t23-;;;;/m1..../s1. The van der Waals surface area contributed by atoms with E-state index in [0.717, 1.165) is 166 Å². The number of nitrogens with one attached hydrogen (secondary N) is 5. The lowest BCUT2D eigenvalue weighted by atomic mass is 9.95. The Hall–Kier alpha value is -10.0. The first-order chi connectivity index (χ1) is 59.1. The number of para-hydroxylation sites is 1. The van der Waals surface area contributed by atoms with E-state index in [9.17, 15) is 19.2 Å². The van der Waals surface area contributed by atoms with E-state index in [1.807, 2.05) is 125 Å². The molecule has 16 nitrogen and oxygen atoms in total. The van der Waals surface area contributed by atoms with Crippen LogP contribution in [0.25, 0.3) is 44.5 Å². The lowest BCUT2D eigenvalue weighted by Crippen LogP contribution is -2.51. The highest BCUT2D eigenvalue weighted by Gasteiger charge is 2.25. The van der Waals surface area contributed by atoms with Crippen LogP contribution in [0.5, 0.6) is 5.75 Å². The van der Waals surface area contributed by atoms with Gasteiger partial charge in [-0.3, -0.25) is 24.1 Å². The molecule has 660 valence electrons. The summed E-state index contributed by atoms with van der Waals surface area (Å²) in [5.74, 6) is 4.03. The van der Waals surface area contributed by atoms with Crippen molar-refractivity contribution >= 4 is 46.6 Å². The van der Waals surface area contributed by atoms with Crippen molar-refractivity contribution in [3.63, 3.8) is 0 Å². The number of piperazine rings is 1. The molecule has 5 N–H and O–H groups in total. The summed E-state index contributed by atoms with van der Waals surface area (Å²) in [4.78, 5) is 63.5. The number of thiocarbonyl (C=S) groups is 1. The number of likely N-dealkylation sites (N-methyl/N-ethyl adjacent to an activating group) is 3. The predicted molar refractivity (Wildman–Crippen MR) is 521 cm³/mol. The van der Waals surface area contributed by atoms with Crippen LogP contribution < -0.4 is 36.2 Å². The maximum Gasteiger partial charge on any atom is 0.251 e. The molecule has 3 aliphatic rings. The van der Waals surface area contributed by atoms with Gasteiger partial charge < -0.3 is 55.8 Å². The Morgan fingerprint density at radius 3 is 1.20 bits per heavy atom. The van der Waals surface area contributed by atoms with Crippen molar-refractivity contribution in [3.05, 3.63) is 262 Å². The minimum Gasteiger partial charge on any atom is -0.496 e. The Kier molecular flexibility index (Phi) is 41.6. The molecular formula is C106H145N11O5S. The maximum absolute atomic E-state index is 12.7. The van der Waals surface area contributed by atoms with Gasteiger partial charge in [-0.1, -0.05) is 228 Å². The summed E-state index contributed by atoms with van der Waals surface area (Å²) in [6.45, 7) is 38.5. The molecule has 0 unspecified atom stereocenters. The van der Waals surface area contributed by atoms with Gasteiger partial charge in [-0.2, -0.15) is 0 Å². The molecule has 1 atom stereocenters. The molecule has 3 aliphatic heterocycles. The average Bonchev–Trinajstić information content (AvgIpc) is 1.18. The van der Waals surface area contributed by atoms with Crippen molar-refractivity contribution in [2.45, 2.75) is 140 Å². The number of amides is 4. The second-order valence-corrected chi connectivity index (χ2v) is 36.1. The van der Waals surface area contributed by atoms with E-state index in [1.54, 1.807) is 7.11 Å². The molecule has 3 fully saturated rings. The lowest BCUT2D eigenvalue weighted by molar-refractivity contribution is 0.0935. The number of methoxy groups -OCH3 is 1. The smallest absolute Gasteiger partial charge is 0.251 e. The number of rotatable bonds is 32. The van der Waals surface area contributed by atoms with Crippen molar-refractivity contribution in [1.29, 1.82) is 0 Å². The zero-order chi connectivity index (χ0) is 88.7. The molecule has 123 heavy (non-hydrogen) atoms. The summed E-state index contributed by atoms with van der Waals surface area (Å²) >= 11 is 5.30. The van der Waals surface area contributed by atoms with Crippen LogP contribution in [0.1, 0.15) is 171 Å². The Bertz CT molecular complexity index is 4730. The van der Waals surface area contributed by atoms with Crippen LogP contribution in [0.15, 0.2) is 212 Å². The van der Waals surface area contributed by atoms with Crippen LogP contribution >= 0.6 is 12.2 Å². The summed E-state index contributed by atoms with van der Waals surface area (Å²) in [5, 5.41) is 16.0. The number of likely N-dealkylation sites (tertiary alicyclic amines) is 2. The first-order valence-electron chi connectivity index (χ1n) is 45.2. The van der Waals surface area contributed by atoms with Gasteiger partial charge in [0.15, 0.2) is 5.11 Å². The fraction of sp³-hybridized carbons (Fsp3) is 0.443. The van der Waals surface area contributed by atoms with Gasteiger partial charge in [-0.15, -0.1) is 0 Å². The summed E-state index contributed by atoms with van der Waals surface area (Å²) in [5.41, 5.74) is 19.7. The molecule has 0 bridgehead atoms. The molecule has 0 saturated carbocycles. The first kappa shape index (κ1) is 98.4. The fourth-order valence-electron chi connectivity index (χ4n) is 16.0. The first-order valence-corrected chi connectivity index (χ1v) is 45.6. The summed E-state index contributed by atoms with van der Waals surface area (Å²) in [6, 6.07) is 73.1. The third kappa shape index (κ3) is 33.9. The SMILES string of the molecule is CC(C)Cc1cccc(-c2cccc(C(=O)NCCN(C)C)c2)c1.CC(C)Cc1cccc(-c2cccc(C(=O)NCCN3CCCC3)c2)c1.CCN1CCC[C@@H]1CNC(=O)c1cccc(-c2cccc(CC(C)C)c2)c1.CNC(=S)N1CCN(c2cccc(CC(C)C)c2)CC1.COc1c(CC(C)C)cccc1-c1cccc(C(=O)NCCN(C)C)c1. The number of hydrogen-bond acceptors (Lipinski definition) is 11. The van der Waals surface area contributed by atoms with E-state index in [1.165, 1.54) is 70.3 Å². The largest absolute Gasteiger partial charge is 0.496 e. The summed E-state index contributed by atoms with van der Waals surface area (Å²) in [6.07, 6.45) is 10.3. The van der Waals surface area contributed by atoms with Gasteiger partial charge in [-0.25, -0.2) is 0 Å². The van der Waals surface area contributed by atoms with E-state index in [2.05, 4.69) is 255 Å². The number of benzene rings is 9. The van der Waals surface area contributed by atoms with Crippen LogP contribution in [0.2, 0.25) is 0 Å². The molecule has 3 saturated heterocycles. The van der Waals surface area contributed by atoms with Crippen molar-refractivity contribution in [2.75, 3.05) is 145 Å². The Labute approximate surface area is 744 Å². The number of anilines is 1. The molecule has 3 heterocycles. The molecule has 17 heteroatoms. The quantitative estimate of drug-likeness (QED) is 0.0254. The number of carbonyl (C=O) groups is 4. The van der Waals surface area contributed by atoms with E-state index in [0.29, 0.717) is 66.4 Å². The minimum absolute atomic E-state index is 0.0166. The van der Waals surface area contributed by atoms with Crippen LogP contribution in [0.4, 0.5) is 5.69 Å². The topological polar surface area (TPSA) is 157 Å². The Balaban J connectivity index is 0.000000191. The van der Waals surface area contributed by atoms with Gasteiger partial charge in [0.25, 0.3) is 23.6 Å². The average molecular weight is 1690 g/mol. The molecule has 0 spiro atoms. The summed E-state index contributed by atoms with van der Waals surface area (Å²) in [7, 11) is 11.6. The predicted octanol–water partition coefficient (Wildman–Crippen LogP) is 19.4. The third-order valence-electron chi connectivity index (χ3n) is 22.2. The lowest BCUT2D eigenvalue weighted by Gasteiger charge is -2.37. The molecule has 0 aliphatic carbocycles. The van der Waals surface area contributed by atoms with Gasteiger partial charge in [0.1, 0.15) is 5.75 Å². The number of ether oxygens (including phenoxy) is 1. The second-order valence-electron chi connectivity index (χ2n) is 35.7. The molecule has 12 rings (SSSR count). The molecule has 9 aromatic carbocycles. The number of nitrogens with zero attached hydrogens (tertiary/aromatic N) is 6. The zero-order valence-electron chi connectivity index (χ0n) is 77.3. The van der Waals surface area contributed by atoms with E-state index in [-0.39, 0.29) is 23.6 Å². The van der Waals surface area contributed by atoms with Crippen molar-refractivity contribution in [1.82, 2.24) is 51.1 Å². The maximum atomic E-state index is 12.7. The molecule has 9 aromatic rings. The van der Waals surface area contributed by atoms with Gasteiger partial charge in [-0.05, 0) is 281 Å². The van der Waals surface area contributed by atoms with Gasteiger partial charge in [0, 0.05) is 119 Å². The van der Waals surface area contributed by atoms with Crippen molar-refractivity contribution in [2.24, 2.45) is 29.6 Å². The highest BCUT2D eigenvalue weighted by atomic mass is 32.1. The van der Waals surface area contributed by atoms with Crippen molar-refractivity contribution < 1.29 is 23.9 Å². The molecule has 4 amide bonds. The number of hydrogen-bond donors (Lipinski definition) is 5. The third-order valence-corrected chi connectivity index (χ3v) is 22.6. The van der Waals surface area contributed by atoms with Gasteiger partial charge >= 0.3 is 0 Å². The highest BCUT2D eigenvalue weighted by Crippen LogP contribution is 2.36. The minimum atomic E-state index is -0.0500. The van der Waals surface area contributed by atoms with E-state index in [4.69, 9.17) is 17.0 Å². The second kappa shape index (κ2) is 51.9. The Morgan fingerprint density at radius 1 is 0.423 bits per heavy atom. The van der Waals surface area contributed by atoms with E-state index >= 15 is 0 Å². The summed E-state index contributed by atoms with van der Waals surface area (Å²) < 4.78 is 5.72. The van der Waals surface area contributed by atoms with Gasteiger partial charge in [0.05, 0.1) is 7.11 Å². The van der Waals surface area contributed by atoms with Gasteiger partial charge in [0.2, 0.25) is 0 Å². The molecule has 0 radical (unpaired) electrons. The monoisotopic (exact) mass is 1680 g/mol. The molecule has 0 aromatic heterocycles. The van der Waals surface area contributed by atoms with Crippen LogP contribution in [0, 0.1) is 29.6 Å². The van der Waals surface area contributed by atoms with Crippen molar-refractivity contribution in [3.8, 4) is 50.3 Å². The number of carbonyl (C=O) groups excluding carboxylic acids is 4. The van der Waals surface area contributed by atoms with Crippen LogP contribution in [0.3, 0.4) is 0 Å². The normalized spacial score (nSPS) is 14.0. The Morgan fingerprint density at radius 2 is 0.797 bits per heavy atom. The van der Waals surface area contributed by atoms with Crippen LogP contribution in [-0.4, -0.2) is 200 Å². The highest BCUT2D eigenvalue weighted by molar-refractivity contribution is 7.80. The zero-order valence-corrected chi connectivity index (χ0v) is 78.1. The fourth-order valence-corrected chi connectivity index (χ4v) is 16.2.